The molecule has 0 aromatic heterocycles. The van der Waals surface area contributed by atoms with Gasteiger partial charge in [0.2, 0.25) is 11.8 Å². The number of nitrogens with zero attached hydrogens (tertiary/aromatic N) is 1. The molecule has 0 saturated heterocycles. The third-order valence-corrected chi connectivity index (χ3v) is 5.30. The van der Waals surface area contributed by atoms with Crippen LogP contribution in [0.15, 0.2) is 48.5 Å². The van der Waals surface area contributed by atoms with Gasteiger partial charge in [-0.05, 0) is 42.4 Å². The first kappa shape index (κ1) is 22.7. The van der Waals surface area contributed by atoms with Crippen molar-refractivity contribution in [1.29, 1.82) is 0 Å². The van der Waals surface area contributed by atoms with Gasteiger partial charge in [0.25, 0.3) is 0 Å². The summed E-state index contributed by atoms with van der Waals surface area (Å²) in [6.45, 7) is 10.8. The van der Waals surface area contributed by atoms with E-state index in [0.29, 0.717) is 19.4 Å². The minimum atomic E-state index is -0.517. The molecule has 0 aliphatic rings. The van der Waals surface area contributed by atoms with Crippen molar-refractivity contribution in [3.05, 3.63) is 70.8 Å². The fourth-order valence-electron chi connectivity index (χ4n) is 3.37. The van der Waals surface area contributed by atoms with Crippen molar-refractivity contribution in [2.45, 2.75) is 65.5 Å². The maximum absolute atomic E-state index is 13.0. The molecular formula is C25H34N2O2. The second kappa shape index (κ2) is 9.73. The zero-order valence-electron chi connectivity index (χ0n) is 18.6. The quantitative estimate of drug-likeness (QED) is 0.757. The van der Waals surface area contributed by atoms with Crippen LogP contribution in [0.4, 0.5) is 0 Å². The van der Waals surface area contributed by atoms with E-state index in [9.17, 15) is 9.59 Å². The maximum Gasteiger partial charge on any atom is 0.242 e. The summed E-state index contributed by atoms with van der Waals surface area (Å²) in [5, 5.41) is 2.66. The average Bonchev–Trinajstić information content (AvgIpc) is 2.68. The molecule has 0 aliphatic carbocycles. The van der Waals surface area contributed by atoms with Gasteiger partial charge in [-0.1, -0.05) is 74.9 Å². The van der Waals surface area contributed by atoms with Crippen LogP contribution in [0.5, 0.6) is 0 Å². The molecule has 0 bridgehead atoms. The predicted octanol–water partition coefficient (Wildman–Crippen LogP) is 4.39. The Morgan fingerprint density at radius 3 is 2.24 bits per heavy atom. The molecule has 0 saturated carbocycles. The van der Waals surface area contributed by atoms with Crippen LogP contribution in [0.25, 0.3) is 0 Å². The van der Waals surface area contributed by atoms with Gasteiger partial charge in [-0.3, -0.25) is 9.59 Å². The Kier molecular flexibility index (Phi) is 7.60. The third-order valence-electron chi connectivity index (χ3n) is 5.30. The second-order valence-electron chi connectivity index (χ2n) is 8.75. The molecule has 4 heteroatoms. The Labute approximate surface area is 175 Å². The lowest BCUT2D eigenvalue weighted by Gasteiger charge is -2.28. The Morgan fingerprint density at radius 2 is 1.69 bits per heavy atom. The van der Waals surface area contributed by atoms with E-state index in [1.54, 1.807) is 18.9 Å². The molecule has 4 nitrogen and oxygen atoms in total. The lowest BCUT2D eigenvalue weighted by molar-refractivity contribution is -0.140. The van der Waals surface area contributed by atoms with Crippen LogP contribution in [0.2, 0.25) is 0 Å². The predicted molar refractivity (Wildman–Crippen MR) is 119 cm³/mol. The molecule has 1 unspecified atom stereocenters. The molecule has 29 heavy (non-hydrogen) atoms. The number of nitrogens with one attached hydrogen (secondary N) is 1. The minimum absolute atomic E-state index is 0.0116. The molecular weight excluding hydrogens is 360 g/mol. The third kappa shape index (κ3) is 6.45. The molecule has 156 valence electrons. The van der Waals surface area contributed by atoms with Gasteiger partial charge >= 0.3 is 0 Å². The molecule has 2 aromatic rings. The van der Waals surface area contributed by atoms with E-state index in [4.69, 9.17) is 0 Å². The number of benzene rings is 2. The number of hydrogen-bond donors (Lipinski definition) is 1. The summed E-state index contributed by atoms with van der Waals surface area (Å²) in [6.07, 6.45) is 1.04. The van der Waals surface area contributed by atoms with Gasteiger partial charge < -0.3 is 10.2 Å². The molecule has 0 fully saturated rings. The lowest BCUT2D eigenvalue weighted by Crippen LogP contribution is -2.46. The number of likely N-dealkylation sites (N-methyl/N-ethyl adjacent to an activating group) is 1. The van der Waals surface area contributed by atoms with Crippen LogP contribution in [0.3, 0.4) is 0 Å². The molecule has 1 N–H and O–H groups in total. The van der Waals surface area contributed by atoms with E-state index in [0.717, 1.165) is 16.7 Å². The smallest absolute Gasteiger partial charge is 0.242 e. The van der Waals surface area contributed by atoms with E-state index in [2.05, 4.69) is 56.4 Å². The van der Waals surface area contributed by atoms with Crippen LogP contribution < -0.4 is 5.32 Å². The molecule has 0 heterocycles. The van der Waals surface area contributed by atoms with Crippen molar-refractivity contribution >= 4 is 11.8 Å². The van der Waals surface area contributed by atoms with Gasteiger partial charge in [0.15, 0.2) is 0 Å². The minimum Gasteiger partial charge on any atom is -0.357 e. The Balaban J connectivity index is 2.11. The lowest BCUT2D eigenvalue weighted by atomic mass is 9.86. The molecule has 2 aromatic carbocycles. The first-order valence-electron chi connectivity index (χ1n) is 10.3. The zero-order chi connectivity index (χ0) is 21.6. The zero-order valence-corrected chi connectivity index (χ0v) is 18.6. The van der Waals surface area contributed by atoms with Gasteiger partial charge in [0, 0.05) is 20.0 Å². The summed E-state index contributed by atoms with van der Waals surface area (Å²) in [5.74, 6) is -0.164. The highest BCUT2D eigenvalue weighted by atomic mass is 16.2. The van der Waals surface area contributed by atoms with Crippen LogP contribution in [0.1, 0.15) is 56.4 Å². The Bertz CT molecular complexity index is 835. The monoisotopic (exact) mass is 394 g/mol. The number of amides is 2. The molecule has 0 spiro atoms. The summed E-state index contributed by atoms with van der Waals surface area (Å²) in [4.78, 5) is 26.9. The maximum atomic E-state index is 13.0. The van der Waals surface area contributed by atoms with E-state index in [1.807, 2.05) is 25.1 Å². The number of aryl methyl sites for hydroxylation is 2. The second-order valence-corrected chi connectivity index (χ2v) is 8.75. The van der Waals surface area contributed by atoms with Crippen LogP contribution in [-0.2, 0) is 28.0 Å². The summed E-state index contributed by atoms with van der Waals surface area (Å²) in [5.41, 5.74) is 4.70. The molecule has 0 aliphatic heterocycles. The van der Waals surface area contributed by atoms with Crippen molar-refractivity contribution < 1.29 is 9.59 Å². The fourth-order valence-corrected chi connectivity index (χ4v) is 3.37. The van der Waals surface area contributed by atoms with Crippen LogP contribution >= 0.6 is 0 Å². The van der Waals surface area contributed by atoms with Crippen molar-refractivity contribution in [2.75, 3.05) is 7.05 Å². The van der Waals surface area contributed by atoms with Gasteiger partial charge in [-0.15, -0.1) is 0 Å². The SMILES string of the molecule is CNC(=O)C(C)N(Cc1cccc(C)c1)C(=O)CCc1ccc(C(C)(C)C)cc1. The highest BCUT2D eigenvalue weighted by Crippen LogP contribution is 2.22. The van der Waals surface area contributed by atoms with Crippen molar-refractivity contribution in [2.24, 2.45) is 0 Å². The van der Waals surface area contributed by atoms with Crippen LogP contribution in [0, 0.1) is 6.92 Å². The van der Waals surface area contributed by atoms with E-state index in [1.165, 1.54) is 5.56 Å². The van der Waals surface area contributed by atoms with Gasteiger partial charge in [-0.2, -0.15) is 0 Å². The standard InChI is InChI=1S/C25H34N2O2/c1-18-8-7-9-21(16-18)17-27(19(2)24(29)26-6)23(28)15-12-20-10-13-22(14-11-20)25(3,4)5/h7-11,13-14,16,19H,12,15,17H2,1-6H3,(H,26,29). The highest BCUT2D eigenvalue weighted by Gasteiger charge is 2.25. The summed E-state index contributed by atoms with van der Waals surface area (Å²) >= 11 is 0. The molecule has 2 amide bonds. The fraction of sp³-hybridized carbons (Fsp3) is 0.440. The highest BCUT2D eigenvalue weighted by molar-refractivity contribution is 5.87. The van der Waals surface area contributed by atoms with Crippen LogP contribution in [-0.4, -0.2) is 29.8 Å². The van der Waals surface area contributed by atoms with Crippen molar-refractivity contribution in [3.8, 4) is 0 Å². The summed E-state index contributed by atoms with van der Waals surface area (Å²) in [7, 11) is 1.60. The molecule has 1 atom stereocenters. The van der Waals surface area contributed by atoms with E-state index < -0.39 is 6.04 Å². The average molecular weight is 395 g/mol. The first-order valence-corrected chi connectivity index (χ1v) is 10.3. The Hall–Kier alpha value is -2.62. The van der Waals surface area contributed by atoms with Crippen molar-refractivity contribution in [1.82, 2.24) is 10.2 Å². The number of carbonyl (C=O) groups excluding carboxylic acids is 2. The summed E-state index contributed by atoms with van der Waals surface area (Å²) < 4.78 is 0. The topological polar surface area (TPSA) is 49.4 Å². The van der Waals surface area contributed by atoms with E-state index in [-0.39, 0.29) is 17.2 Å². The van der Waals surface area contributed by atoms with Gasteiger partial charge in [0.1, 0.15) is 6.04 Å². The van der Waals surface area contributed by atoms with E-state index >= 15 is 0 Å². The summed E-state index contributed by atoms with van der Waals surface area (Å²) in [6, 6.07) is 16.0. The normalized spacial score (nSPS) is 12.3. The largest absolute Gasteiger partial charge is 0.357 e. The van der Waals surface area contributed by atoms with Gasteiger partial charge in [0.05, 0.1) is 0 Å². The Morgan fingerprint density at radius 1 is 1.03 bits per heavy atom. The number of rotatable bonds is 7. The molecule has 0 radical (unpaired) electrons. The van der Waals surface area contributed by atoms with Crippen molar-refractivity contribution in [3.63, 3.8) is 0 Å². The number of carbonyl (C=O) groups is 2. The first-order chi connectivity index (χ1) is 13.6. The van der Waals surface area contributed by atoms with Gasteiger partial charge in [-0.25, -0.2) is 0 Å². The number of hydrogen-bond acceptors (Lipinski definition) is 2. The molecule has 2 rings (SSSR count).